The summed E-state index contributed by atoms with van der Waals surface area (Å²) < 4.78 is 14.2. The number of carbonyl (C=O) groups is 3. The molecule has 10 heteroatoms. The molecule has 1 aromatic heterocycles. The zero-order chi connectivity index (χ0) is 26.4. The number of carboxylic acids is 1. The third kappa shape index (κ3) is 4.17. The van der Waals surface area contributed by atoms with Gasteiger partial charge in [0.15, 0.2) is 0 Å². The number of benzene rings is 2. The van der Waals surface area contributed by atoms with E-state index in [1.165, 1.54) is 30.7 Å². The molecular weight excluding hydrogens is 479 g/mol. The van der Waals surface area contributed by atoms with Crippen LogP contribution in [0.25, 0.3) is 10.9 Å². The summed E-state index contributed by atoms with van der Waals surface area (Å²) in [4.78, 5) is 57.9. The lowest BCUT2D eigenvalue weighted by Gasteiger charge is -2.32. The van der Waals surface area contributed by atoms with Crippen LogP contribution in [0.1, 0.15) is 68.9 Å². The Morgan fingerprint density at radius 2 is 1.86 bits per heavy atom. The third-order valence-corrected chi connectivity index (χ3v) is 7.36. The molecule has 2 aliphatic rings. The van der Waals surface area contributed by atoms with E-state index in [4.69, 9.17) is 0 Å². The molecule has 1 saturated carbocycles. The van der Waals surface area contributed by atoms with Gasteiger partial charge in [0.25, 0.3) is 11.8 Å². The monoisotopic (exact) mass is 506 g/mol. The Kier molecular flexibility index (Phi) is 6.28. The molecule has 0 saturated heterocycles. The number of nitrogens with one attached hydrogen (secondary N) is 2. The van der Waals surface area contributed by atoms with Gasteiger partial charge in [-0.15, -0.1) is 0 Å². The Labute approximate surface area is 211 Å². The van der Waals surface area contributed by atoms with Gasteiger partial charge in [0, 0.05) is 19.6 Å². The number of hydrogen-bond acceptors (Lipinski definition) is 6. The van der Waals surface area contributed by atoms with Gasteiger partial charge < -0.3 is 15.4 Å². The number of aromatic amines is 1. The van der Waals surface area contributed by atoms with Gasteiger partial charge in [0.1, 0.15) is 17.1 Å². The fraction of sp³-hybridized carbons (Fsp3) is 0.333. The number of carboxylic acid groups (broad SMARTS) is 1. The summed E-state index contributed by atoms with van der Waals surface area (Å²) in [6, 6.07) is 6.75. The molecule has 1 aliphatic heterocycles. The molecule has 1 fully saturated rings. The Morgan fingerprint density at radius 3 is 2.54 bits per heavy atom. The predicted molar refractivity (Wildman–Crippen MR) is 137 cm³/mol. The smallest absolute Gasteiger partial charge is 0.335 e. The van der Waals surface area contributed by atoms with Crippen LogP contribution in [0.5, 0.6) is 0 Å². The minimum atomic E-state index is -1.13. The second-order valence-electron chi connectivity index (χ2n) is 9.63. The Balaban J connectivity index is 1.61. The molecule has 0 bridgehead atoms. The first-order chi connectivity index (χ1) is 17.7. The minimum Gasteiger partial charge on any atom is -0.478 e. The lowest BCUT2D eigenvalue weighted by atomic mass is 9.94. The van der Waals surface area contributed by atoms with Gasteiger partial charge >= 0.3 is 5.97 Å². The van der Waals surface area contributed by atoms with Crippen molar-refractivity contribution < 1.29 is 23.9 Å². The Hall–Kier alpha value is -4.05. The lowest BCUT2D eigenvalue weighted by molar-refractivity contribution is 0.0696. The molecule has 0 unspecified atom stereocenters. The van der Waals surface area contributed by atoms with Crippen LogP contribution in [0.3, 0.4) is 0 Å². The number of aromatic carboxylic acids is 1. The van der Waals surface area contributed by atoms with E-state index in [0.717, 1.165) is 36.6 Å². The van der Waals surface area contributed by atoms with Crippen molar-refractivity contribution in [1.29, 1.82) is 0 Å². The molecular formula is C27H27FN4O5. The number of anilines is 2. The average Bonchev–Trinajstić information content (AvgIpc) is 3.14. The highest BCUT2D eigenvalue weighted by molar-refractivity contribution is 6.34. The van der Waals surface area contributed by atoms with Crippen LogP contribution in [-0.2, 0) is 6.54 Å². The van der Waals surface area contributed by atoms with Gasteiger partial charge in [-0.1, -0.05) is 19.3 Å². The van der Waals surface area contributed by atoms with Gasteiger partial charge in [0.2, 0.25) is 5.43 Å². The number of halogens is 1. The van der Waals surface area contributed by atoms with E-state index >= 15 is 0 Å². The standard InChI is InChI=1S/C27H27FN4O5/c1-29-19-12-16(28)11-18-22(19)30-23-21(24(18)33)25(34)32(26(23)35)20-9-8-14(27(36)37)10-15(20)13-31(2)17-6-4-3-5-7-17/h8-12,17,29H,3-7,13H2,1-2H3,(H,30,33)(H,36,37). The van der Waals surface area contributed by atoms with Gasteiger partial charge in [-0.05, 0) is 55.8 Å². The molecule has 37 heavy (non-hydrogen) atoms. The maximum atomic E-state index is 14.2. The summed E-state index contributed by atoms with van der Waals surface area (Å²) in [5, 5.41) is 12.3. The number of hydrogen-bond donors (Lipinski definition) is 3. The van der Waals surface area contributed by atoms with Crippen LogP contribution in [0, 0.1) is 5.82 Å². The fourth-order valence-corrected chi connectivity index (χ4v) is 5.44. The summed E-state index contributed by atoms with van der Waals surface area (Å²) in [5.41, 5.74) is -0.0638. The predicted octanol–water partition coefficient (Wildman–Crippen LogP) is 3.97. The van der Waals surface area contributed by atoms with E-state index in [1.807, 2.05) is 7.05 Å². The number of nitrogens with zero attached hydrogens (tertiary/aromatic N) is 2. The molecule has 0 radical (unpaired) electrons. The maximum Gasteiger partial charge on any atom is 0.335 e. The number of amides is 2. The third-order valence-electron chi connectivity index (χ3n) is 7.36. The van der Waals surface area contributed by atoms with E-state index in [-0.39, 0.29) is 39.1 Å². The number of aromatic nitrogens is 1. The van der Waals surface area contributed by atoms with E-state index < -0.39 is 29.0 Å². The van der Waals surface area contributed by atoms with Crippen LogP contribution >= 0.6 is 0 Å². The number of H-pyrrole nitrogens is 1. The fourth-order valence-electron chi connectivity index (χ4n) is 5.44. The summed E-state index contributed by atoms with van der Waals surface area (Å²) in [7, 11) is 3.50. The van der Waals surface area contributed by atoms with Crippen LogP contribution in [-0.4, -0.2) is 52.9 Å². The van der Waals surface area contributed by atoms with E-state index in [1.54, 1.807) is 7.05 Å². The molecule has 1 aliphatic carbocycles. The first-order valence-corrected chi connectivity index (χ1v) is 12.2. The molecule has 2 amide bonds. The number of carbonyl (C=O) groups excluding carboxylic acids is 2. The number of rotatable bonds is 6. The van der Waals surface area contributed by atoms with Crippen molar-refractivity contribution >= 4 is 40.1 Å². The highest BCUT2D eigenvalue weighted by Gasteiger charge is 2.41. The van der Waals surface area contributed by atoms with Crippen molar-refractivity contribution in [2.45, 2.75) is 44.7 Å². The van der Waals surface area contributed by atoms with Gasteiger partial charge in [-0.2, -0.15) is 0 Å². The van der Waals surface area contributed by atoms with Gasteiger partial charge in [0.05, 0.1) is 27.8 Å². The van der Waals surface area contributed by atoms with Gasteiger partial charge in [-0.3, -0.25) is 19.3 Å². The van der Waals surface area contributed by atoms with E-state index in [9.17, 15) is 28.7 Å². The highest BCUT2D eigenvalue weighted by Crippen LogP contribution is 2.33. The number of pyridine rings is 1. The topological polar surface area (TPSA) is 123 Å². The second kappa shape index (κ2) is 9.44. The van der Waals surface area contributed by atoms with Crippen LogP contribution < -0.4 is 15.6 Å². The van der Waals surface area contributed by atoms with Crippen LogP contribution in [0.4, 0.5) is 15.8 Å². The molecule has 2 heterocycles. The molecule has 192 valence electrons. The van der Waals surface area contributed by atoms with Crippen LogP contribution in [0.15, 0.2) is 35.1 Å². The molecule has 5 rings (SSSR count). The summed E-state index contributed by atoms with van der Waals surface area (Å²) in [5.74, 6) is -3.34. The normalized spacial score (nSPS) is 16.1. The zero-order valence-electron chi connectivity index (χ0n) is 20.6. The Morgan fingerprint density at radius 1 is 1.14 bits per heavy atom. The SMILES string of the molecule is CNc1cc(F)cc2c(=O)c3c([nH]c12)C(=O)N(c1ccc(C(=O)O)cc1CN(C)C1CCCCC1)C3=O. The van der Waals surface area contributed by atoms with Crippen LogP contribution in [0.2, 0.25) is 0 Å². The van der Waals surface area contributed by atoms with Crippen molar-refractivity contribution in [1.82, 2.24) is 9.88 Å². The molecule has 3 N–H and O–H groups in total. The quantitative estimate of drug-likeness (QED) is 0.432. The Bertz CT molecular complexity index is 1510. The van der Waals surface area contributed by atoms with E-state index in [0.29, 0.717) is 18.2 Å². The molecule has 3 aromatic rings. The largest absolute Gasteiger partial charge is 0.478 e. The second-order valence-corrected chi connectivity index (χ2v) is 9.63. The summed E-state index contributed by atoms with van der Waals surface area (Å²) in [6.45, 7) is 0.319. The van der Waals surface area contributed by atoms with E-state index in [2.05, 4.69) is 15.2 Å². The molecule has 0 atom stereocenters. The lowest BCUT2D eigenvalue weighted by Crippen LogP contribution is -2.35. The number of fused-ring (bicyclic) bond motifs is 2. The molecule has 2 aromatic carbocycles. The average molecular weight is 507 g/mol. The first kappa shape index (κ1) is 24.6. The van der Waals surface area contributed by atoms with Crippen molar-refractivity contribution in [3.63, 3.8) is 0 Å². The number of imide groups is 1. The van der Waals surface area contributed by atoms with Crippen molar-refractivity contribution in [2.24, 2.45) is 0 Å². The summed E-state index contributed by atoms with van der Waals surface area (Å²) in [6.07, 6.45) is 5.44. The minimum absolute atomic E-state index is 0.0309. The van der Waals surface area contributed by atoms with Crippen molar-refractivity contribution in [3.8, 4) is 0 Å². The highest BCUT2D eigenvalue weighted by atomic mass is 19.1. The molecule has 0 spiro atoms. The summed E-state index contributed by atoms with van der Waals surface area (Å²) >= 11 is 0. The zero-order valence-corrected chi connectivity index (χ0v) is 20.6. The van der Waals surface area contributed by atoms with Crippen molar-refractivity contribution in [3.05, 3.63) is 68.8 Å². The van der Waals surface area contributed by atoms with Gasteiger partial charge in [-0.25, -0.2) is 14.1 Å². The first-order valence-electron chi connectivity index (χ1n) is 12.2. The maximum absolute atomic E-state index is 14.2. The van der Waals surface area contributed by atoms with Crippen molar-refractivity contribution in [2.75, 3.05) is 24.3 Å². The molecule has 9 nitrogen and oxygen atoms in total.